The zero-order chi connectivity index (χ0) is 22.5. The number of halogens is 1. The normalized spacial score (nSPS) is 14.9. The van der Waals surface area contributed by atoms with E-state index in [2.05, 4.69) is 0 Å². The Bertz CT molecular complexity index is 1180. The van der Waals surface area contributed by atoms with Gasteiger partial charge in [-0.3, -0.25) is 4.98 Å². The molecule has 3 heterocycles. The highest BCUT2D eigenvalue weighted by Crippen LogP contribution is 2.47. The Morgan fingerprint density at radius 2 is 2.06 bits per heavy atom. The van der Waals surface area contributed by atoms with E-state index in [0.717, 1.165) is 44.6 Å². The molecule has 0 amide bonds. The van der Waals surface area contributed by atoms with E-state index < -0.39 is 17.7 Å². The topological polar surface area (TPSA) is 68.7 Å². The summed E-state index contributed by atoms with van der Waals surface area (Å²) in [7, 11) is 0. The number of nitrogens with zero attached hydrogens (tertiary/aromatic N) is 1. The van der Waals surface area contributed by atoms with E-state index in [1.165, 1.54) is 0 Å². The number of fused-ring (bicyclic) bond motifs is 2. The predicted octanol–water partition coefficient (Wildman–Crippen LogP) is 6.50. The van der Waals surface area contributed by atoms with Crippen LogP contribution >= 0.6 is 22.9 Å². The summed E-state index contributed by atoms with van der Waals surface area (Å²) in [5.74, 6) is -0.366. The molecule has 31 heavy (non-hydrogen) atoms. The van der Waals surface area contributed by atoms with Crippen LogP contribution in [0, 0.1) is 13.8 Å². The van der Waals surface area contributed by atoms with Gasteiger partial charge in [-0.25, -0.2) is 4.79 Å². The number of ether oxygens (including phenoxy) is 2. The first-order chi connectivity index (χ1) is 14.6. The van der Waals surface area contributed by atoms with Crippen LogP contribution in [0.1, 0.15) is 55.0 Å². The van der Waals surface area contributed by atoms with Crippen molar-refractivity contribution in [2.24, 2.45) is 0 Å². The molecule has 164 valence electrons. The fourth-order valence-electron chi connectivity index (χ4n) is 4.06. The van der Waals surface area contributed by atoms with E-state index in [1.807, 2.05) is 52.8 Å². The van der Waals surface area contributed by atoms with Crippen molar-refractivity contribution >= 4 is 39.1 Å². The second kappa shape index (κ2) is 8.08. The number of thiophene rings is 1. The van der Waals surface area contributed by atoms with Gasteiger partial charge in [-0.05, 0) is 59.1 Å². The number of benzene rings is 1. The first-order valence-electron chi connectivity index (χ1n) is 10.3. The molecule has 4 rings (SSSR count). The van der Waals surface area contributed by atoms with E-state index in [1.54, 1.807) is 11.3 Å². The Balaban J connectivity index is 2.06. The molecule has 0 saturated carbocycles. The van der Waals surface area contributed by atoms with Gasteiger partial charge in [0.25, 0.3) is 0 Å². The zero-order valence-electron chi connectivity index (χ0n) is 18.3. The van der Waals surface area contributed by atoms with Crippen molar-refractivity contribution in [2.75, 3.05) is 6.61 Å². The van der Waals surface area contributed by atoms with Gasteiger partial charge in [0.15, 0.2) is 6.10 Å². The van der Waals surface area contributed by atoms with Gasteiger partial charge in [-0.15, -0.1) is 11.3 Å². The van der Waals surface area contributed by atoms with E-state index in [4.69, 9.17) is 26.1 Å². The molecule has 1 N–H and O–H groups in total. The molecule has 1 atom stereocenters. The minimum atomic E-state index is -1.18. The van der Waals surface area contributed by atoms with Gasteiger partial charge in [-0.1, -0.05) is 23.7 Å². The number of carboxylic acids is 1. The van der Waals surface area contributed by atoms with Crippen LogP contribution in [0.5, 0.6) is 5.75 Å². The molecule has 7 heteroatoms. The summed E-state index contributed by atoms with van der Waals surface area (Å²) in [6, 6.07) is 6.02. The second-order valence-electron chi connectivity index (χ2n) is 8.87. The first kappa shape index (κ1) is 22.1. The summed E-state index contributed by atoms with van der Waals surface area (Å²) in [6.07, 6.45) is 0.690. The van der Waals surface area contributed by atoms with Gasteiger partial charge < -0.3 is 14.6 Å². The quantitative estimate of drug-likeness (QED) is 0.482. The Hall–Kier alpha value is -2.15. The molecule has 2 aromatic heterocycles. The van der Waals surface area contributed by atoms with Crippen molar-refractivity contribution in [2.45, 2.75) is 59.2 Å². The van der Waals surface area contributed by atoms with Gasteiger partial charge in [-0.2, -0.15) is 0 Å². The van der Waals surface area contributed by atoms with Crippen molar-refractivity contribution in [3.05, 3.63) is 44.9 Å². The Morgan fingerprint density at radius 1 is 1.32 bits per heavy atom. The molecule has 5 nitrogen and oxygen atoms in total. The smallest absolute Gasteiger partial charge is 0.337 e. The maximum Gasteiger partial charge on any atom is 0.337 e. The molecule has 1 aliphatic heterocycles. The summed E-state index contributed by atoms with van der Waals surface area (Å²) in [4.78, 5) is 18.2. The lowest BCUT2D eigenvalue weighted by Gasteiger charge is -2.28. The number of carboxylic acid groups (broad SMARTS) is 1. The molecule has 3 aromatic rings. The van der Waals surface area contributed by atoms with Crippen LogP contribution in [0.4, 0.5) is 0 Å². The Morgan fingerprint density at radius 3 is 2.74 bits per heavy atom. The van der Waals surface area contributed by atoms with Crippen molar-refractivity contribution in [3.8, 4) is 16.9 Å². The minimum Gasteiger partial charge on any atom is -0.492 e. The third-order valence-electron chi connectivity index (χ3n) is 5.25. The third kappa shape index (κ3) is 4.16. The monoisotopic (exact) mass is 459 g/mol. The van der Waals surface area contributed by atoms with Crippen molar-refractivity contribution in [1.29, 1.82) is 0 Å². The number of aromatic nitrogens is 1. The highest BCUT2D eigenvalue weighted by Gasteiger charge is 2.33. The van der Waals surface area contributed by atoms with Gasteiger partial charge in [0.2, 0.25) is 0 Å². The molecule has 0 aliphatic carbocycles. The van der Waals surface area contributed by atoms with Crippen LogP contribution in [0.25, 0.3) is 21.3 Å². The van der Waals surface area contributed by atoms with Crippen LogP contribution < -0.4 is 4.74 Å². The summed E-state index contributed by atoms with van der Waals surface area (Å²) >= 11 is 8.46. The number of rotatable bonds is 4. The summed E-state index contributed by atoms with van der Waals surface area (Å²) in [6.45, 7) is 10.0. The van der Waals surface area contributed by atoms with Crippen molar-refractivity contribution in [3.63, 3.8) is 0 Å². The van der Waals surface area contributed by atoms with E-state index in [9.17, 15) is 9.90 Å². The number of hydrogen-bond acceptors (Lipinski definition) is 5. The first-order valence-corrected chi connectivity index (χ1v) is 11.5. The maximum atomic E-state index is 12.4. The largest absolute Gasteiger partial charge is 0.492 e. The van der Waals surface area contributed by atoms with Crippen LogP contribution in [0.15, 0.2) is 18.2 Å². The summed E-state index contributed by atoms with van der Waals surface area (Å²) in [5.41, 5.74) is 3.91. The highest BCUT2D eigenvalue weighted by molar-refractivity contribution is 7.19. The van der Waals surface area contributed by atoms with Gasteiger partial charge in [0, 0.05) is 27.3 Å². The standard InChI is InChI=1S/C24H26ClNO4S/c1-12-11-16-22(31-12)18(15-9-8-14-7-6-10-29-20(14)19(15)25)17(13(2)26-16)21(23(27)28)30-24(3,4)5/h8-9,11,21H,6-7,10H2,1-5H3,(H,27,28)/t21-/m0/s1. The average Bonchev–Trinajstić information content (AvgIpc) is 3.05. The number of pyridine rings is 1. The zero-order valence-corrected chi connectivity index (χ0v) is 19.9. The Kier molecular flexibility index (Phi) is 5.75. The predicted molar refractivity (Wildman–Crippen MR) is 125 cm³/mol. The molecular weight excluding hydrogens is 434 g/mol. The van der Waals surface area contributed by atoms with Crippen LogP contribution in [0.3, 0.4) is 0 Å². The molecule has 0 fully saturated rings. The van der Waals surface area contributed by atoms with Gasteiger partial charge >= 0.3 is 5.97 Å². The molecule has 0 radical (unpaired) electrons. The van der Waals surface area contributed by atoms with Crippen LogP contribution in [-0.2, 0) is 16.0 Å². The number of carbonyl (C=O) groups is 1. The molecule has 1 aliphatic rings. The fraction of sp³-hybridized carbons (Fsp3) is 0.417. The van der Waals surface area contributed by atoms with Crippen molar-refractivity contribution in [1.82, 2.24) is 4.98 Å². The average molecular weight is 460 g/mol. The Labute approximate surface area is 191 Å². The van der Waals surface area contributed by atoms with Crippen molar-refractivity contribution < 1.29 is 19.4 Å². The SMILES string of the molecule is Cc1cc2nc(C)c([C@H](OC(C)(C)C)C(=O)O)c(-c3ccc4c(c3Cl)OCCC4)c2s1. The molecule has 0 spiro atoms. The summed E-state index contributed by atoms with van der Waals surface area (Å²) in [5, 5.41) is 10.6. The molecule has 0 unspecified atom stereocenters. The lowest BCUT2D eigenvalue weighted by Crippen LogP contribution is -2.28. The number of hydrogen-bond donors (Lipinski definition) is 1. The van der Waals surface area contributed by atoms with E-state index in [-0.39, 0.29) is 0 Å². The minimum absolute atomic E-state index is 0.510. The highest BCUT2D eigenvalue weighted by atomic mass is 35.5. The van der Waals surface area contributed by atoms with Crippen LogP contribution in [-0.4, -0.2) is 28.3 Å². The molecule has 0 bridgehead atoms. The second-order valence-corrected chi connectivity index (χ2v) is 10.5. The van der Waals surface area contributed by atoms with E-state index in [0.29, 0.717) is 28.6 Å². The lowest BCUT2D eigenvalue weighted by atomic mass is 9.92. The van der Waals surface area contributed by atoms with Gasteiger partial charge in [0.1, 0.15) is 5.75 Å². The van der Waals surface area contributed by atoms with Crippen LogP contribution in [0.2, 0.25) is 5.02 Å². The van der Waals surface area contributed by atoms with E-state index >= 15 is 0 Å². The third-order valence-corrected chi connectivity index (χ3v) is 6.69. The molecule has 0 saturated heterocycles. The maximum absolute atomic E-state index is 12.4. The number of aryl methyl sites for hydroxylation is 3. The fourth-order valence-corrected chi connectivity index (χ4v) is 5.42. The number of aliphatic carboxylic acids is 1. The lowest BCUT2D eigenvalue weighted by molar-refractivity contribution is -0.160. The molecule has 1 aromatic carbocycles. The van der Waals surface area contributed by atoms with Gasteiger partial charge in [0.05, 0.1) is 27.4 Å². The summed E-state index contributed by atoms with van der Waals surface area (Å²) < 4.78 is 12.8. The molecular formula is C24H26ClNO4S.